The molecule has 12 aliphatic rings. The number of hydrogen-bond acceptors (Lipinski definition) is 5. The van der Waals surface area contributed by atoms with E-state index in [9.17, 15) is 17.8 Å². The van der Waals surface area contributed by atoms with Crippen LogP contribution in [0.25, 0.3) is 0 Å². The van der Waals surface area contributed by atoms with Crippen molar-refractivity contribution in [2.75, 3.05) is 0 Å². The molecule has 0 heterocycles. The molecule has 53 heavy (non-hydrogen) atoms. The Morgan fingerprint density at radius 1 is 0.604 bits per heavy atom. The van der Waals surface area contributed by atoms with Crippen LogP contribution in [-0.2, 0) is 38.6 Å². The number of ether oxygens (including phenoxy) is 1. The van der Waals surface area contributed by atoms with Gasteiger partial charge in [-0.05, 0) is 212 Å². The Bertz CT molecular complexity index is 2130. The number of benzene rings is 3. The molecule has 276 valence electrons. The van der Waals surface area contributed by atoms with Gasteiger partial charge in [0.1, 0.15) is 15.9 Å². The van der Waals surface area contributed by atoms with Gasteiger partial charge >= 0.3 is 5.97 Å². The van der Waals surface area contributed by atoms with Crippen molar-refractivity contribution in [1.29, 1.82) is 0 Å². The highest BCUT2D eigenvalue weighted by atomic mass is 32.2. The lowest BCUT2D eigenvalue weighted by Crippen LogP contribution is -2.49. The minimum Gasteiger partial charge on any atom is -0.744 e. The first-order chi connectivity index (χ1) is 25.6. The summed E-state index contributed by atoms with van der Waals surface area (Å²) in [6.07, 6.45) is 20.2. The molecule has 3 aromatic rings. The molecule has 0 N–H and O–H groups in total. The zero-order chi connectivity index (χ0) is 35.4. The van der Waals surface area contributed by atoms with Gasteiger partial charge in [0.25, 0.3) is 0 Å². The normalized spacial score (nSPS) is 39.5. The van der Waals surface area contributed by atoms with Gasteiger partial charge < -0.3 is 9.29 Å². The van der Waals surface area contributed by atoms with E-state index in [1.807, 2.05) is 0 Å². The van der Waals surface area contributed by atoms with E-state index in [0.717, 1.165) is 60.3 Å². The molecule has 10 bridgehead atoms. The van der Waals surface area contributed by atoms with Crippen LogP contribution in [-0.4, -0.2) is 18.9 Å². The SMILES string of the molecule is O=C(Oc1ccc(S(=O)(=O)[O-])c2c1CCCC2)C1CC2c3cc(C45CC6CC(CC(C6)C4)C5)ccc3C1c1cc(C34CC5CC(CC(C5)C3)C4)ccc12. The van der Waals surface area contributed by atoms with Crippen LogP contribution in [0.5, 0.6) is 5.75 Å². The van der Waals surface area contributed by atoms with Crippen molar-refractivity contribution in [2.24, 2.45) is 41.4 Å². The third-order valence-corrected chi connectivity index (χ3v) is 17.9. The van der Waals surface area contributed by atoms with Crippen LogP contribution >= 0.6 is 0 Å². The van der Waals surface area contributed by atoms with Crippen LogP contribution in [0, 0.1) is 41.4 Å². The van der Waals surface area contributed by atoms with E-state index in [1.165, 1.54) is 111 Å². The Balaban J connectivity index is 0.946. The van der Waals surface area contributed by atoms with Crippen molar-refractivity contribution in [1.82, 2.24) is 0 Å². The van der Waals surface area contributed by atoms with E-state index in [4.69, 9.17) is 4.74 Å². The molecule has 15 rings (SSSR count). The van der Waals surface area contributed by atoms with Gasteiger partial charge in [0, 0.05) is 11.8 Å². The summed E-state index contributed by atoms with van der Waals surface area (Å²) in [5.41, 5.74) is 10.5. The van der Waals surface area contributed by atoms with Gasteiger partial charge in [-0.1, -0.05) is 36.4 Å². The summed E-state index contributed by atoms with van der Waals surface area (Å²) in [4.78, 5) is 14.5. The van der Waals surface area contributed by atoms with Gasteiger partial charge in [-0.25, -0.2) is 8.42 Å². The van der Waals surface area contributed by atoms with Crippen molar-refractivity contribution >= 4 is 16.1 Å². The molecular formula is C47H51O5S-. The first kappa shape index (κ1) is 32.3. The van der Waals surface area contributed by atoms with E-state index in [1.54, 1.807) is 11.6 Å². The summed E-state index contributed by atoms with van der Waals surface area (Å²) >= 11 is 0. The van der Waals surface area contributed by atoms with Crippen molar-refractivity contribution in [3.8, 4) is 5.75 Å². The highest BCUT2D eigenvalue weighted by Gasteiger charge is 2.55. The predicted molar refractivity (Wildman–Crippen MR) is 201 cm³/mol. The topological polar surface area (TPSA) is 83.5 Å². The number of esters is 1. The summed E-state index contributed by atoms with van der Waals surface area (Å²) in [6.45, 7) is 0. The molecule has 3 atom stereocenters. The Kier molecular flexibility index (Phi) is 6.76. The molecule has 3 unspecified atom stereocenters. The Morgan fingerprint density at radius 2 is 1.11 bits per heavy atom. The van der Waals surface area contributed by atoms with Crippen molar-refractivity contribution < 1.29 is 22.5 Å². The molecule has 0 aliphatic heterocycles. The van der Waals surface area contributed by atoms with Crippen LogP contribution in [0.2, 0.25) is 0 Å². The molecule has 0 radical (unpaired) electrons. The molecule has 0 amide bonds. The summed E-state index contributed by atoms with van der Waals surface area (Å²) in [6, 6.07) is 18.0. The van der Waals surface area contributed by atoms with Gasteiger partial charge in [-0.3, -0.25) is 4.79 Å². The van der Waals surface area contributed by atoms with Gasteiger partial charge in [0.2, 0.25) is 0 Å². The number of carbonyl (C=O) groups is 1. The summed E-state index contributed by atoms with van der Waals surface area (Å²) in [5, 5.41) is 0. The summed E-state index contributed by atoms with van der Waals surface area (Å²) in [5.74, 6) is 5.29. The maximum Gasteiger partial charge on any atom is 0.315 e. The van der Waals surface area contributed by atoms with Crippen LogP contribution in [0.4, 0.5) is 0 Å². The first-order valence-corrected chi connectivity index (χ1v) is 22.6. The molecule has 0 aromatic heterocycles. The monoisotopic (exact) mass is 727 g/mol. The Hall–Kier alpha value is -2.96. The van der Waals surface area contributed by atoms with Crippen LogP contribution < -0.4 is 4.74 Å². The van der Waals surface area contributed by atoms with Crippen LogP contribution in [0.15, 0.2) is 53.4 Å². The van der Waals surface area contributed by atoms with Crippen LogP contribution in [0.3, 0.4) is 0 Å². The number of fused-ring (bicyclic) bond motifs is 2. The minimum absolute atomic E-state index is 0.0612. The average molecular weight is 728 g/mol. The number of rotatable bonds is 5. The molecule has 8 fully saturated rings. The van der Waals surface area contributed by atoms with Gasteiger partial charge in [-0.15, -0.1) is 0 Å². The van der Waals surface area contributed by atoms with Gasteiger partial charge in [-0.2, -0.15) is 0 Å². The second kappa shape index (κ2) is 11.1. The quantitative estimate of drug-likeness (QED) is 0.149. The molecule has 5 nitrogen and oxygen atoms in total. The van der Waals surface area contributed by atoms with E-state index in [0.29, 0.717) is 29.6 Å². The third kappa shape index (κ3) is 4.76. The first-order valence-electron chi connectivity index (χ1n) is 21.2. The van der Waals surface area contributed by atoms with Gasteiger partial charge in [0.05, 0.1) is 10.8 Å². The fraction of sp³-hybridized carbons (Fsp3) is 0.596. The van der Waals surface area contributed by atoms with Crippen molar-refractivity contribution in [3.63, 3.8) is 0 Å². The molecular weight excluding hydrogens is 677 g/mol. The average Bonchev–Trinajstić information content (AvgIpc) is 3.13. The summed E-state index contributed by atoms with van der Waals surface area (Å²) in [7, 11) is -4.61. The lowest BCUT2D eigenvalue weighted by molar-refractivity contribution is -0.140. The zero-order valence-corrected chi connectivity index (χ0v) is 31.6. The highest BCUT2D eigenvalue weighted by Crippen LogP contribution is 2.64. The second-order valence-corrected chi connectivity index (χ2v) is 21.4. The second-order valence-electron chi connectivity index (χ2n) is 20.1. The summed E-state index contributed by atoms with van der Waals surface area (Å²) < 4.78 is 42.9. The zero-order valence-electron chi connectivity index (χ0n) is 30.8. The highest BCUT2D eigenvalue weighted by molar-refractivity contribution is 7.85. The van der Waals surface area contributed by atoms with Gasteiger partial charge in [0.15, 0.2) is 0 Å². The molecule has 6 heteroatoms. The molecule has 3 aromatic carbocycles. The maximum absolute atomic E-state index is 14.6. The maximum atomic E-state index is 14.6. The number of carbonyl (C=O) groups excluding carboxylic acids is 1. The van der Waals surface area contributed by atoms with Crippen molar-refractivity contribution in [3.05, 3.63) is 93.0 Å². The largest absolute Gasteiger partial charge is 0.744 e. The van der Waals surface area contributed by atoms with Crippen molar-refractivity contribution in [2.45, 2.75) is 137 Å². The predicted octanol–water partition coefficient (Wildman–Crippen LogP) is 9.61. The van der Waals surface area contributed by atoms with E-state index < -0.39 is 10.1 Å². The Morgan fingerprint density at radius 3 is 1.66 bits per heavy atom. The number of hydrogen-bond donors (Lipinski definition) is 0. The minimum atomic E-state index is -4.61. The van der Waals surface area contributed by atoms with E-state index in [2.05, 4.69) is 36.4 Å². The standard InChI is InChI=1S/C47H52O5S/c48-45(52-42-9-10-43(53(49,50)51)36-4-2-1-3-35(36)42)41-19-39-34-7-5-33(47-23-29-14-30(24-47)16-31(15-29)25-47)18-40(34)44(41)37-8-6-32(17-38(37)39)46-20-26-11-27(21-46)13-28(12-26)22-46/h5-10,17-18,26-31,39,41,44H,1-4,11-16,19-25H2,(H,49,50,51)/p-1. The fourth-order valence-corrected chi connectivity index (χ4v) is 16.6. The lowest BCUT2D eigenvalue weighted by Gasteiger charge is -2.58. The molecule has 12 aliphatic carbocycles. The third-order valence-electron chi connectivity index (χ3n) is 17.0. The lowest BCUT2D eigenvalue weighted by atomic mass is 9.47. The molecule has 8 saturated carbocycles. The smallest absolute Gasteiger partial charge is 0.315 e. The Labute approximate surface area is 314 Å². The van der Waals surface area contributed by atoms with E-state index >= 15 is 0 Å². The fourth-order valence-electron chi connectivity index (χ4n) is 15.9. The molecule has 0 spiro atoms. The molecule has 0 saturated heterocycles. The van der Waals surface area contributed by atoms with E-state index in [-0.39, 0.29) is 34.0 Å². The van der Waals surface area contributed by atoms with Crippen LogP contribution in [0.1, 0.15) is 153 Å².